The summed E-state index contributed by atoms with van der Waals surface area (Å²) in [6, 6.07) is 24.1. The van der Waals surface area contributed by atoms with Crippen LogP contribution in [0.4, 0.5) is 0 Å². The Kier molecular flexibility index (Phi) is 4.86. The van der Waals surface area contributed by atoms with Crippen LogP contribution in [-0.4, -0.2) is 5.78 Å². The second-order valence-corrected chi connectivity index (χ2v) is 7.58. The maximum atomic E-state index is 13.0. The first-order valence-electron chi connectivity index (χ1n) is 7.12. The summed E-state index contributed by atoms with van der Waals surface area (Å²) in [6.45, 7) is 0. The molecule has 0 saturated heterocycles. The molecule has 0 aliphatic rings. The number of benzene rings is 2. The van der Waals surface area contributed by atoms with Gasteiger partial charge in [0.2, 0.25) is 0 Å². The molecule has 110 valence electrons. The molecular weight excluding hydrogens is 356 g/mol. The fraction of sp³-hybridized carbons (Fsp3) is 0.105. The van der Waals surface area contributed by atoms with Crippen LogP contribution < -0.4 is 0 Å². The van der Waals surface area contributed by atoms with E-state index in [1.54, 1.807) is 0 Å². The van der Waals surface area contributed by atoms with Crippen molar-refractivity contribution in [1.29, 1.82) is 0 Å². The summed E-state index contributed by atoms with van der Waals surface area (Å²) in [5, 5.41) is 0. The SMILES string of the molecule is O=C(c1ccc(Br)s1)C(Cc1ccccc1)c1ccccc1. The molecule has 0 N–H and O–H groups in total. The molecule has 3 rings (SSSR count). The monoisotopic (exact) mass is 370 g/mol. The van der Waals surface area contributed by atoms with E-state index in [0.717, 1.165) is 20.6 Å². The fourth-order valence-electron chi connectivity index (χ4n) is 2.52. The zero-order valence-electron chi connectivity index (χ0n) is 11.9. The van der Waals surface area contributed by atoms with Crippen LogP contribution in [0.5, 0.6) is 0 Å². The van der Waals surface area contributed by atoms with Crippen molar-refractivity contribution < 1.29 is 4.79 Å². The molecule has 0 saturated carbocycles. The molecule has 1 unspecified atom stereocenters. The third-order valence-electron chi connectivity index (χ3n) is 3.62. The lowest BCUT2D eigenvalue weighted by Gasteiger charge is -2.15. The molecule has 3 aromatic rings. The Morgan fingerprint density at radius 1 is 0.909 bits per heavy atom. The van der Waals surface area contributed by atoms with E-state index in [-0.39, 0.29) is 11.7 Å². The maximum Gasteiger partial charge on any atom is 0.180 e. The fourth-order valence-corrected chi connectivity index (χ4v) is 3.90. The van der Waals surface area contributed by atoms with Gasteiger partial charge in [0.25, 0.3) is 0 Å². The normalized spacial score (nSPS) is 12.0. The van der Waals surface area contributed by atoms with Crippen molar-refractivity contribution in [3.05, 3.63) is 92.6 Å². The van der Waals surface area contributed by atoms with Gasteiger partial charge >= 0.3 is 0 Å². The Hall–Kier alpha value is -1.71. The summed E-state index contributed by atoms with van der Waals surface area (Å²) in [5.41, 5.74) is 2.25. The molecule has 0 bridgehead atoms. The van der Waals surface area contributed by atoms with Crippen molar-refractivity contribution >= 4 is 33.0 Å². The Labute approximate surface area is 142 Å². The van der Waals surface area contributed by atoms with Crippen molar-refractivity contribution in [1.82, 2.24) is 0 Å². The molecule has 0 fully saturated rings. The molecule has 1 atom stereocenters. The van der Waals surface area contributed by atoms with Crippen LogP contribution in [0.25, 0.3) is 0 Å². The second-order valence-electron chi connectivity index (χ2n) is 5.12. The van der Waals surface area contributed by atoms with Gasteiger partial charge in [-0.3, -0.25) is 4.79 Å². The highest BCUT2D eigenvalue weighted by Crippen LogP contribution is 2.30. The van der Waals surface area contributed by atoms with E-state index in [2.05, 4.69) is 28.1 Å². The summed E-state index contributed by atoms with van der Waals surface area (Å²) in [6.07, 6.45) is 0.721. The number of halogens is 1. The van der Waals surface area contributed by atoms with Gasteiger partial charge in [0.1, 0.15) is 0 Å². The van der Waals surface area contributed by atoms with Crippen molar-refractivity contribution in [2.24, 2.45) is 0 Å². The zero-order valence-corrected chi connectivity index (χ0v) is 14.3. The van der Waals surface area contributed by atoms with Crippen LogP contribution in [-0.2, 0) is 6.42 Å². The lowest BCUT2D eigenvalue weighted by molar-refractivity contribution is 0.0963. The number of thiophene rings is 1. The molecule has 2 aromatic carbocycles. The largest absolute Gasteiger partial charge is 0.293 e. The van der Waals surface area contributed by atoms with Crippen molar-refractivity contribution in [2.75, 3.05) is 0 Å². The van der Waals surface area contributed by atoms with E-state index >= 15 is 0 Å². The first-order chi connectivity index (χ1) is 10.7. The van der Waals surface area contributed by atoms with E-state index in [9.17, 15) is 4.79 Å². The highest BCUT2D eigenvalue weighted by atomic mass is 79.9. The smallest absolute Gasteiger partial charge is 0.180 e. The quantitative estimate of drug-likeness (QED) is 0.524. The van der Waals surface area contributed by atoms with Gasteiger partial charge in [-0.05, 0) is 45.6 Å². The van der Waals surface area contributed by atoms with Gasteiger partial charge < -0.3 is 0 Å². The number of hydrogen-bond donors (Lipinski definition) is 0. The van der Waals surface area contributed by atoms with Crippen molar-refractivity contribution in [3.63, 3.8) is 0 Å². The molecule has 0 radical (unpaired) electrons. The third-order valence-corrected chi connectivity index (χ3v) is 5.26. The summed E-state index contributed by atoms with van der Waals surface area (Å²) in [7, 11) is 0. The number of ketones is 1. The lowest BCUT2D eigenvalue weighted by atomic mass is 9.88. The van der Waals surface area contributed by atoms with Crippen molar-refractivity contribution in [2.45, 2.75) is 12.3 Å². The van der Waals surface area contributed by atoms with Gasteiger partial charge in [-0.2, -0.15) is 0 Å². The van der Waals surface area contributed by atoms with E-state index in [1.165, 1.54) is 16.9 Å². The third kappa shape index (κ3) is 3.54. The number of hydrogen-bond acceptors (Lipinski definition) is 2. The van der Waals surface area contributed by atoms with Gasteiger partial charge in [-0.25, -0.2) is 0 Å². The standard InChI is InChI=1S/C19H15BrOS/c20-18-12-11-17(22-18)19(21)16(15-9-5-2-6-10-15)13-14-7-3-1-4-8-14/h1-12,16H,13H2. The predicted octanol–water partition coefficient (Wildman–Crippen LogP) is 5.72. The van der Waals surface area contributed by atoms with Crippen molar-refractivity contribution in [3.8, 4) is 0 Å². The van der Waals surface area contributed by atoms with E-state index in [1.807, 2.05) is 60.7 Å². The highest BCUT2D eigenvalue weighted by molar-refractivity contribution is 9.11. The first kappa shape index (κ1) is 15.2. The van der Waals surface area contributed by atoms with Gasteiger partial charge in [-0.1, -0.05) is 60.7 Å². The predicted molar refractivity (Wildman–Crippen MR) is 95.7 cm³/mol. The molecular formula is C19H15BrOS. The first-order valence-corrected chi connectivity index (χ1v) is 8.73. The molecule has 3 heteroatoms. The van der Waals surface area contributed by atoms with Crippen LogP contribution in [0.3, 0.4) is 0 Å². The molecule has 1 aromatic heterocycles. The highest BCUT2D eigenvalue weighted by Gasteiger charge is 2.23. The summed E-state index contributed by atoms with van der Waals surface area (Å²) in [5.74, 6) is 0.0416. The molecule has 1 nitrogen and oxygen atoms in total. The topological polar surface area (TPSA) is 17.1 Å². The molecule has 0 aliphatic carbocycles. The minimum Gasteiger partial charge on any atom is -0.293 e. The Bertz CT molecular complexity index is 749. The number of rotatable bonds is 5. The number of Topliss-reactive ketones (excluding diaryl/α,β-unsaturated/α-hetero) is 1. The molecule has 1 heterocycles. The van der Waals surface area contributed by atoms with Crippen LogP contribution >= 0.6 is 27.3 Å². The average molecular weight is 371 g/mol. The van der Waals surface area contributed by atoms with Crippen LogP contribution in [0.15, 0.2) is 76.6 Å². The van der Waals surface area contributed by atoms with Gasteiger partial charge in [0, 0.05) is 0 Å². The van der Waals surface area contributed by atoms with Gasteiger partial charge in [0.15, 0.2) is 5.78 Å². The van der Waals surface area contributed by atoms with Crippen LogP contribution in [0.2, 0.25) is 0 Å². The Balaban J connectivity index is 1.94. The van der Waals surface area contributed by atoms with E-state index < -0.39 is 0 Å². The van der Waals surface area contributed by atoms with Gasteiger partial charge in [-0.15, -0.1) is 11.3 Å². The van der Waals surface area contributed by atoms with E-state index in [0.29, 0.717) is 0 Å². The number of carbonyl (C=O) groups excluding carboxylic acids is 1. The molecule has 0 aliphatic heterocycles. The minimum atomic E-state index is -0.144. The molecule has 0 spiro atoms. The summed E-state index contributed by atoms with van der Waals surface area (Å²) < 4.78 is 0.988. The average Bonchev–Trinajstić information content (AvgIpc) is 3.00. The second kappa shape index (κ2) is 7.03. The molecule has 22 heavy (non-hydrogen) atoms. The zero-order chi connectivity index (χ0) is 15.4. The van der Waals surface area contributed by atoms with E-state index in [4.69, 9.17) is 0 Å². The molecule has 0 amide bonds. The summed E-state index contributed by atoms with van der Waals surface area (Å²) in [4.78, 5) is 13.8. The Morgan fingerprint density at radius 2 is 1.55 bits per heavy atom. The minimum absolute atomic E-state index is 0.144. The van der Waals surface area contributed by atoms with Crippen LogP contribution in [0, 0.1) is 0 Å². The Morgan fingerprint density at radius 3 is 2.14 bits per heavy atom. The lowest BCUT2D eigenvalue weighted by Crippen LogP contribution is -2.14. The maximum absolute atomic E-state index is 13.0. The number of carbonyl (C=O) groups is 1. The van der Waals surface area contributed by atoms with Crippen LogP contribution in [0.1, 0.15) is 26.7 Å². The van der Waals surface area contributed by atoms with Gasteiger partial charge in [0.05, 0.1) is 14.6 Å². The summed E-state index contributed by atoms with van der Waals surface area (Å²) >= 11 is 4.94.